The van der Waals surface area contributed by atoms with Gasteiger partial charge in [0.15, 0.2) is 0 Å². The van der Waals surface area contributed by atoms with Crippen LogP contribution in [0.15, 0.2) is 34.9 Å². The van der Waals surface area contributed by atoms with Crippen LogP contribution in [0.4, 0.5) is 4.39 Å². The van der Waals surface area contributed by atoms with Crippen molar-refractivity contribution in [2.45, 2.75) is 18.8 Å². The molecule has 7 nitrogen and oxygen atoms in total. The Bertz CT molecular complexity index is 805. The molecule has 2 heterocycles. The maximum atomic E-state index is 13.2. The molecular weight excluding hydrogens is 355 g/mol. The van der Waals surface area contributed by atoms with Crippen LogP contribution in [-0.2, 0) is 20.7 Å². The third-order valence-electron chi connectivity index (χ3n) is 4.81. The maximum absolute atomic E-state index is 13.2. The minimum Gasteiger partial charge on any atom is -0.479 e. The van der Waals surface area contributed by atoms with Crippen LogP contribution < -0.4 is 4.74 Å². The number of ether oxygens (including phenoxy) is 2. The van der Waals surface area contributed by atoms with Crippen molar-refractivity contribution in [1.82, 2.24) is 10.1 Å². The average Bonchev–Trinajstić information content (AvgIpc) is 3.33. The molecule has 2 atom stereocenters. The number of aromatic nitrogens is 1. The fourth-order valence-electron chi connectivity index (χ4n) is 3.34. The number of esters is 1. The maximum Gasteiger partial charge on any atom is 0.311 e. The minimum atomic E-state index is -0.477. The average molecular weight is 376 g/mol. The number of amides is 1. The van der Waals surface area contributed by atoms with Crippen LogP contribution in [0.3, 0.4) is 0 Å². The second kappa shape index (κ2) is 8.20. The van der Waals surface area contributed by atoms with E-state index in [4.69, 9.17) is 14.0 Å². The lowest BCUT2D eigenvalue weighted by molar-refractivity contribution is -0.145. The van der Waals surface area contributed by atoms with Gasteiger partial charge >= 0.3 is 5.97 Å². The van der Waals surface area contributed by atoms with Gasteiger partial charge in [-0.1, -0.05) is 12.1 Å². The molecule has 27 heavy (non-hydrogen) atoms. The van der Waals surface area contributed by atoms with E-state index >= 15 is 0 Å². The van der Waals surface area contributed by atoms with Gasteiger partial charge in [0.1, 0.15) is 11.6 Å². The number of likely N-dealkylation sites (tertiary alicyclic amines) is 1. The lowest BCUT2D eigenvalue weighted by atomic mass is 9.89. The standard InChI is InChI=1S/C19H21FN2O5/c1-25-17-9-14(27-21-17)7-8-18(23)22-10-15(16(11-22)19(24)26-2)12-3-5-13(20)6-4-12/h3-6,9,15-16H,7-8,10-11H2,1-2H3/t15-,16+/m1/s1. The summed E-state index contributed by atoms with van der Waals surface area (Å²) in [5.74, 6) is -0.604. The van der Waals surface area contributed by atoms with E-state index in [-0.39, 0.29) is 36.6 Å². The molecule has 0 radical (unpaired) electrons. The van der Waals surface area contributed by atoms with Gasteiger partial charge in [-0.2, -0.15) is 0 Å². The Balaban J connectivity index is 1.67. The van der Waals surface area contributed by atoms with Crippen LogP contribution >= 0.6 is 0 Å². The van der Waals surface area contributed by atoms with Crippen molar-refractivity contribution in [2.24, 2.45) is 5.92 Å². The zero-order chi connectivity index (χ0) is 19.4. The topological polar surface area (TPSA) is 81.9 Å². The van der Waals surface area contributed by atoms with E-state index in [1.807, 2.05) is 0 Å². The quantitative estimate of drug-likeness (QED) is 0.719. The summed E-state index contributed by atoms with van der Waals surface area (Å²) in [6.07, 6.45) is 0.609. The fourth-order valence-corrected chi connectivity index (χ4v) is 3.34. The lowest BCUT2D eigenvalue weighted by Crippen LogP contribution is -2.30. The molecule has 0 unspecified atom stereocenters. The number of hydrogen-bond acceptors (Lipinski definition) is 6. The van der Waals surface area contributed by atoms with Crippen LogP contribution in [0, 0.1) is 11.7 Å². The first-order valence-corrected chi connectivity index (χ1v) is 8.62. The number of rotatable bonds is 6. The monoisotopic (exact) mass is 376 g/mol. The largest absolute Gasteiger partial charge is 0.479 e. The molecule has 1 saturated heterocycles. The van der Waals surface area contributed by atoms with E-state index in [1.54, 1.807) is 23.1 Å². The molecule has 1 fully saturated rings. The van der Waals surface area contributed by atoms with Gasteiger partial charge in [0.2, 0.25) is 5.91 Å². The molecular formula is C19H21FN2O5. The predicted octanol–water partition coefficient (Wildman–Crippen LogP) is 2.17. The summed E-state index contributed by atoms with van der Waals surface area (Å²) in [5, 5.41) is 3.70. The van der Waals surface area contributed by atoms with Gasteiger partial charge in [0, 0.05) is 37.9 Å². The van der Waals surface area contributed by atoms with E-state index in [1.165, 1.54) is 26.4 Å². The van der Waals surface area contributed by atoms with Crippen molar-refractivity contribution in [3.05, 3.63) is 47.5 Å². The molecule has 0 bridgehead atoms. The number of benzene rings is 1. The molecule has 1 aromatic carbocycles. The van der Waals surface area contributed by atoms with E-state index in [9.17, 15) is 14.0 Å². The van der Waals surface area contributed by atoms with E-state index in [2.05, 4.69) is 5.16 Å². The van der Waals surface area contributed by atoms with Crippen LogP contribution in [0.1, 0.15) is 23.7 Å². The van der Waals surface area contributed by atoms with Crippen molar-refractivity contribution < 1.29 is 28.0 Å². The zero-order valence-corrected chi connectivity index (χ0v) is 15.2. The van der Waals surface area contributed by atoms with Gasteiger partial charge in [0.25, 0.3) is 5.88 Å². The molecule has 0 spiro atoms. The van der Waals surface area contributed by atoms with Gasteiger partial charge < -0.3 is 18.9 Å². The van der Waals surface area contributed by atoms with E-state index in [0.717, 1.165) is 5.56 Å². The second-order valence-corrected chi connectivity index (χ2v) is 6.42. The number of hydrogen-bond donors (Lipinski definition) is 0. The molecule has 8 heteroatoms. The SMILES string of the molecule is COC(=O)[C@H]1CN(C(=O)CCc2cc(OC)no2)C[C@@H]1c1ccc(F)cc1. The summed E-state index contributed by atoms with van der Waals surface area (Å²) in [4.78, 5) is 26.4. The first-order valence-electron chi connectivity index (χ1n) is 8.62. The fraction of sp³-hybridized carbons (Fsp3) is 0.421. The van der Waals surface area contributed by atoms with Crippen LogP contribution in [0.5, 0.6) is 5.88 Å². The second-order valence-electron chi connectivity index (χ2n) is 6.42. The Labute approximate surface area is 156 Å². The summed E-state index contributed by atoms with van der Waals surface area (Å²) >= 11 is 0. The summed E-state index contributed by atoms with van der Waals surface area (Å²) in [5.41, 5.74) is 0.807. The Morgan fingerprint density at radius 1 is 1.26 bits per heavy atom. The molecule has 144 valence electrons. The highest BCUT2D eigenvalue weighted by Crippen LogP contribution is 2.34. The molecule has 1 aliphatic rings. The molecule has 1 amide bonds. The van der Waals surface area contributed by atoms with Crippen molar-refractivity contribution in [3.8, 4) is 5.88 Å². The molecule has 0 saturated carbocycles. The third kappa shape index (κ3) is 4.27. The highest BCUT2D eigenvalue weighted by molar-refractivity contribution is 5.80. The smallest absolute Gasteiger partial charge is 0.311 e. The molecule has 1 aliphatic heterocycles. The van der Waals surface area contributed by atoms with E-state index < -0.39 is 5.92 Å². The Morgan fingerprint density at radius 2 is 2.00 bits per heavy atom. The summed E-state index contributed by atoms with van der Waals surface area (Å²) in [7, 11) is 2.81. The van der Waals surface area contributed by atoms with Crippen LogP contribution in [-0.4, -0.2) is 49.2 Å². The number of carbonyl (C=O) groups is 2. The summed E-state index contributed by atoms with van der Waals surface area (Å²) < 4.78 is 28.1. The lowest BCUT2D eigenvalue weighted by Gasteiger charge is -2.16. The Hall–Kier alpha value is -2.90. The molecule has 1 aromatic heterocycles. The zero-order valence-electron chi connectivity index (χ0n) is 15.2. The molecule has 3 rings (SSSR count). The van der Waals surface area contributed by atoms with Gasteiger partial charge in [-0.3, -0.25) is 9.59 Å². The Kier molecular flexibility index (Phi) is 5.73. The third-order valence-corrected chi connectivity index (χ3v) is 4.81. The number of methoxy groups -OCH3 is 2. The summed E-state index contributed by atoms with van der Waals surface area (Å²) in [6, 6.07) is 7.63. The van der Waals surface area contributed by atoms with E-state index in [0.29, 0.717) is 24.6 Å². The number of halogens is 1. The van der Waals surface area contributed by atoms with Crippen molar-refractivity contribution >= 4 is 11.9 Å². The summed E-state index contributed by atoms with van der Waals surface area (Å²) in [6.45, 7) is 0.650. The molecule has 0 aliphatic carbocycles. The van der Waals surface area contributed by atoms with Crippen molar-refractivity contribution in [2.75, 3.05) is 27.3 Å². The van der Waals surface area contributed by atoms with Gasteiger partial charge in [-0.05, 0) is 22.9 Å². The van der Waals surface area contributed by atoms with Crippen LogP contribution in [0.25, 0.3) is 0 Å². The van der Waals surface area contributed by atoms with Crippen molar-refractivity contribution in [3.63, 3.8) is 0 Å². The Morgan fingerprint density at radius 3 is 2.63 bits per heavy atom. The molecule has 0 N–H and O–H groups in total. The molecule has 2 aromatic rings. The van der Waals surface area contributed by atoms with Gasteiger partial charge in [-0.25, -0.2) is 4.39 Å². The van der Waals surface area contributed by atoms with Crippen LogP contribution in [0.2, 0.25) is 0 Å². The first kappa shape index (κ1) is 18.9. The first-order chi connectivity index (χ1) is 13.0. The van der Waals surface area contributed by atoms with Gasteiger partial charge in [-0.15, -0.1) is 0 Å². The van der Waals surface area contributed by atoms with Crippen molar-refractivity contribution in [1.29, 1.82) is 0 Å². The minimum absolute atomic E-state index is 0.0936. The predicted molar refractivity (Wildman–Crippen MR) is 92.6 cm³/mol. The number of carbonyl (C=O) groups excluding carboxylic acids is 2. The normalized spacial score (nSPS) is 19.1. The highest BCUT2D eigenvalue weighted by Gasteiger charge is 2.40. The highest BCUT2D eigenvalue weighted by atomic mass is 19.1. The number of nitrogens with zero attached hydrogens (tertiary/aromatic N) is 2. The van der Waals surface area contributed by atoms with Gasteiger partial charge in [0.05, 0.1) is 20.1 Å². The number of aryl methyl sites for hydroxylation is 1.